The fourth-order valence-electron chi connectivity index (χ4n) is 8.97. The van der Waals surface area contributed by atoms with Gasteiger partial charge in [0, 0.05) is 12.8 Å². The van der Waals surface area contributed by atoms with Crippen LogP contribution in [0.4, 0.5) is 0 Å². The van der Waals surface area contributed by atoms with Gasteiger partial charge in [0.05, 0.1) is 25.4 Å². The third-order valence-corrected chi connectivity index (χ3v) is 13.5. The van der Waals surface area contributed by atoms with Crippen molar-refractivity contribution in [3.63, 3.8) is 0 Å². The van der Waals surface area contributed by atoms with E-state index in [0.29, 0.717) is 25.9 Å². The molecule has 0 saturated carbocycles. The molecule has 0 aliphatic rings. The molecular formula is C59H113NO5. The summed E-state index contributed by atoms with van der Waals surface area (Å²) in [5, 5.41) is 23.3. The molecule has 0 bridgehead atoms. The van der Waals surface area contributed by atoms with E-state index in [9.17, 15) is 19.8 Å². The highest BCUT2D eigenvalue weighted by Gasteiger charge is 2.20. The molecule has 384 valence electrons. The summed E-state index contributed by atoms with van der Waals surface area (Å²) in [6.07, 6.45) is 66.0. The van der Waals surface area contributed by atoms with Crippen molar-refractivity contribution in [3.05, 3.63) is 24.3 Å². The Bertz CT molecular complexity index is 1010. The van der Waals surface area contributed by atoms with Crippen LogP contribution in [-0.4, -0.2) is 47.4 Å². The molecule has 0 saturated heterocycles. The Morgan fingerprint density at radius 2 is 0.738 bits per heavy atom. The summed E-state index contributed by atoms with van der Waals surface area (Å²) >= 11 is 0. The lowest BCUT2D eigenvalue weighted by molar-refractivity contribution is -0.143. The van der Waals surface area contributed by atoms with Gasteiger partial charge in [-0.1, -0.05) is 256 Å². The Kier molecular flexibility index (Phi) is 53.5. The first kappa shape index (κ1) is 63.3. The van der Waals surface area contributed by atoms with Gasteiger partial charge < -0.3 is 20.3 Å². The summed E-state index contributed by atoms with van der Waals surface area (Å²) in [5.41, 5.74) is 0. The van der Waals surface area contributed by atoms with Crippen LogP contribution in [0.5, 0.6) is 0 Å². The van der Waals surface area contributed by atoms with Crippen LogP contribution in [-0.2, 0) is 14.3 Å². The van der Waals surface area contributed by atoms with Gasteiger partial charge in [0.25, 0.3) is 0 Å². The second-order valence-corrected chi connectivity index (χ2v) is 20.0. The molecule has 0 heterocycles. The van der Waals surface area contributed by atoms with Crippen LogP contribution in [0.3, 0.4) is 0 Å². The smallest absolute Gasteiger partial charge is 0.305 e. The first-order valence-corrected chi connectivity index (χ1v) is 29.1. The van der Waals surface area contributed by atoms with Crippen LogP contribution in [0.15, 0.2) is 24.3 Å². The highest BCUT2D eigenvalue weighted by molar-refractivity contribution is 5.76. The first-order valence-electron chi connectivity index (χ1n) is 29.1. The molecule has 2 unspecified atom stereocenters. The number of carbonyl (C=O) groups is 2. The maximum atomic E-state index is 12.5. The minimum absolute atomic E-state index is 0.0230. The highest BCUT2D eigenvalue weighted by atomic mass is 16.5. The maximum absolute atomic E-state index is 12.5. The fourth-order valence-corrected chi connectivity index (χ4v) is 8.97. The maximum Gasteiger partial charge on any atom is 0.305 e. The first-order chi connectivity index (χ1) is 32.0. The molecule has 0 rings (SSSR count). The van der Waals surface area contributed by atoms with Gasteiger partial charge in [0.1, 0.15) is 0 Å². The Hall–Kier alpha value is -1.66. The Morgan fingerprint density at radius 3 is 1.15 bits per heavy atom. The molecule has 0 aromatic heterocycles. The lowest BCUT2D eigenvalue weighted by Gasteiger charge is -2.22. The van der Waals surface area contributed by atoms with Gasteiger partial charge in [-0.15, -0.1) is 0 Å². The van der Waals surface area contributed by atoms with Gasteiger partial charge in [-0.25, -0.2) is 0 Å². The topological polar surface area (TPSA) is 95.9 Å². The summed E-state index contributed by atoms with van der Waals surface area (Å²) in [6, 6.07) is -0.563. The molecule has 0 aromatic carbocycles. The highest BCUT2D eigenvalue weighted by Crippen LogP contribution is 2.17. The van der Waals surface area contributed by atoms with Crippen molar-refractivity contribution in [3.8, 4) is 0 Å². The summed E-state index contributed by atoms with van der Waals surface area (Å²) < 4.78 is 5.44. The number of hydrogen-bond donors (Lipinski definition) is 3. The van der Waals surface area contributed by atoms with E-state index < -0.39 is 12.1 Å². The SMILES string of the molecule is CCCC/C=C\CCCCCCCC(=O)OCCCCCCCC/C=C\CCCCCC(=O)NC(CO)C(O)CCCCCCCCCCCCCCCCCCCCCCCCCC. The Labute approximate surface area is 405 Å². The van der Waals surface area contributed by atoms with Gasteiger partial charge in [-0.05, 0) is 70.6 Å². The van der Waals surface area contributed by atoms with Gasteiger partial charge in [0.15, 0.2) is 0 Å². The predicted octanol–water partition coefficient (Wildman–Crippen LogP) is 17.9. The lowest BCUT2D eigenvalue weighted by atomic mass is 10.0. The number of amides is 1. The second-order valence-electron chi connectivity index (χ2n) is 20.0. The predicted molar refractivity (Wildman–Crippen MR) is 283 cm³/mol. The molecule has 0 aromatic rings. The number of rotatable bonds is 54. The number of hydrogen-bond acceptors (Lipinski definition) is 5. The second kappa shape index (κ2) is 54.9. The largest absolute Gasteiger partial charge is 0.466 e. The third kappa shape index (κ3) is 51.6. The van der Waals surface area contributed by atoms with Crippen molar-refractivity contribution >= 4 is 11.9 Å². The number of carbonyl (C=O) groups excluding carboxylic acids is 2. The van der Waals surface area contributed by atoms with Gasteiger partial charge >= 0.3 is 5.97 Å². The van der Waals surface area contributed by atoms with Crippen molar-refractivity contribution in [2.75, 3.05) is 13.2 Å². The average Bonchev–Trinajstić information content (AvgIpc) is 3.31. The summed E-state index contributed by atoms with van der Waals surface area (Å²) in [5.74, 6) is -0.0855. The standard InChI is InChI=1S/C59H113NO5/c1-3-5-7-9-11-13-15-16-17-18-19-20-21-22-23-24-25-26-28-32-35-39-43-47-51-57(62)56(55-61)60-58(63)52-48-44-40-36-33-29-27-30-34-38-42-46-50-54-65-59(64)53-49-45-41-37-31-14-12-10-8-6-4-2/h10,12,29,33,56-57,61-62H,3-9,11,13-28,30-32,34-55H2,1-2H3,(H,60,63)/b12-10-,33-29-. The minimum Gasteiger partial charge on any atom is -0.466 e. The average molecular weight is 917 g/mol. The molecule has 3 N–H and O–H groups in total. The Morgan fingerprint density at radius 1 is 0.415 bits per heavy atom. The van der Waals surface area contributed by atoms with Crippen LogP contribution in [0.1, 0.15) is 316 Å². The van der Waals surface area contributed by atoms with Crippen LogP contribution >= 0.6 is 0 Å². The molecular weight excluding hydrogens is 803 g/mol. The van der Waals surface area contributed by atoms with Crippen molar-refractivity contribution in [2.24, 2.45) is 0 Å². The molecule has 65 heavy (non-hydrogen) atoms. The summed E-state index contributed by atoms with van der Waals surface area (Å²) in [4.78, 5) is 24.5. The summed E-state index contributed by atoms with van der Waals surface area (Å²) in [7, 11) is 0. The zero-order valence-electron chi connectivity index (χ0n) is 43.7. The van der Waals surface area contributed by atoms with E-state index in [2.05, 4.69) is 43.5 Å². The number of nitrogens with one attached hydrogen (secondary N) is 1. The molecule has 6 heteroatoms. The molecule has 2 atom stereocenters. The molecule has 6 nitrogen and oxygen atoms in total. The number of esters is 1. The van der Waals surface area contributed by atoms with Crippen molar-refractivity contribution in [2.45, 2.75) is 328 Å². The van der Waals surface area contributed by atoms with Crippen molar-refractivity contribution in [1.29, 1.82) is 0 Å². The van der Waals surface area contributed by atoms with E-state index >= 15 is 0 Å². The van der Waals surface area contributed by atoms with Crippen LogP contribution in [0, 0.1) is 0 Å². The third-order valence-electron chi connectivity index (χ3n) is 13.5. The Balaban J connectivity index is 3.49. The molecule has 0 spiro atoms. The van der Waals surface area contributed by atoms with E-state index in [1.165, 1.54) is 212 Å². The molecule has 0 aliphatic heterocycles. The van der Waals surface area contributed by atoms with Crippen molar-refractivity contribution in [1.82, 2.24) is 5.32 Å². The number of aliphatic hydroxyl groups is 2. The summed E-state index contributed by atoms with van der Waals surface area (Å²) in [6.45, 7) is 4.89. The zero-order chi connectivity index (χ0) is 47.2. The van der Waals surface area contributed by atoms with Crippen LogP contribution in [0.25, 0.3) is 0 Å². The van der Waals surface area contributed by atoms with Gasteiger partial charge in [0.2, 0.25) is 5.91 Å². The van der Waals surface area contributed by atoms with E-state index in [1.54, 1.807) is 0 Å². The number of unbranched alkanes of at least 4 members (excludes halogenated alkanes) is 39. The van der Waals surface area contributed by atoms with E-state index in [0.717, 1.165) is 70.6 Å². The molecule has 0 aliphatic carbocycles. The van der Waals surface area contributed by atoms with Crippen LogP contribution in [0.2, 0.25) is 0 Å². The number of aliphatic hydroxyl groups excluding tert-OH is 2. The zero-order valence-corrected chi connectivity index (χ0v) is 43.7. The minimum atomic E-state index is -0.683. The molecule has 1 amide bonds. The normalized spacial score (nSPS) is 12.7. The van der Waals surface area contributed by atoms with Gasteiger partial charge in [-0.2, -0.15) is 0 Å². The molecule has 0 radical (unpaired) electrons. The van der Waals surface area contributed by atoms with E-state index in [4.69, 9.17) is 4.74 Å². The number of ether oxygens (including phenoxy) is 1. The van der Waals surface area contributed by atoms with Crippen molar-refractivity contribution < 1.29 is 24.5 Å². The number of allylic oxidation sites excluding steroid dienone is 4. The lowest BCUT2D eigenvalue weighted by Crippen LogP contribution is -2.45. The quantitative estimate of drug-likeness (QED) is 0.0321. The van der Waals surface area contributed by atoms with Crippen LogP contribution < -0.4 is 5.32 Å². The van der Waals surface area contributed by atoms with E-state index in [-0.39, 0.29) is 18.5 Å². The van der Waals surface area contributed by atoms with E-state index in [1.807, 2.05) is 0 Å². The van der Waals surface area contributed by atoms with Gasteiger partial charge in [-0.3, -0.25) is 9.59 Å². The fraction of sp³-hybridized carbons (Fsp3) is 0.898. The molecule has 0 fully saturated rings. The monoisotopic (exact) mass is 916 g/mol.